The van der Waals surface area contributed by atoms with Crippen LogP contribution in [0.1, 0.15) is 25.3 Å². The van der Waals surface area contributed by atoms with E-state index in [1.807, 2.05) is 30.3 Å². The van der Waals surface area contributed by atoms with Crippen LogP contribution in [0.15, 0.2) is 36.5 Å². The van der Waals surface area contributed by atoms with Crippen molar-refractivity contribution in [3.63, 3.8) is 0 Å². The maximum atomic E-state index is 12.3. The van der Waals surface area contributed by atoms with E-state index in [4.69, 9.17) is 0 Å². The van der Waals surface area contributed by atoms with E-state index in [9.17, 15) is 13.2 Å². The average molecular weight is 419 g/mol. The van der Waals surface area contributed by atoms with Crippen molar-refractivity contribution in [1.29, 1.82) is 0 Å². The van der Waals surface area contributed by atoms with Crippen molar-refractivity contribution < 1.29 is 13.2 Å². The number of sulfonamides is 1. The number of amides is 1. The predicted molar refractivity (Wildman–Crippen MR) is 115 cm³/mol. The van der Waals surface area contributed by atoms with E-state index in [0.717, 1.165) is 48.8 Å². The Morgan fingerprint density at radius 2 is 1.97 bits per heavy atom. The quantitative estimate of drug-likeness (QED) is 0.705. The Kier molecular flexibility index (Phi) is 7.21. The van der Waals surface area contributed by atoms with Crippen molar-refractivity contribution in [3.8, 4) is 0 Å². The number of nitrogens with zero attached hydrogens (tertiary/aromatic N) is 3. The molecule has 0 atom stereocenters. The number of carbonyl (C=O) groups excluding carboxylic acids is 1. The number of pyridine rings is 1. The van der Waals surface area contributed by atoms with Crippen molar-refractivity contribution >= 4 is 26.8 Å². The molecule has 0 radical (unpaired) electrons. The Bertz CT molecular complexity index is 935. The Morgan fingerprint density at radius 1 is 1.24 bits per heavy atom. The van der Waals surface area contributed by atoms with E-state index >= 15 is 0 Å². The molecule has 1 aliphatic heterocycles. The van der Waals surface area contributed by atoms with Gasteiger partial charge in [-0.15, -0.1) is 0 Å². The Balaban J connectivity index is 1.43. The van der Waals surface area contributed by atoms with Crippen LogP contribution in [-0.2, 0) is 21.2 Å². The van der Waals surface area contributed by atoms with Gasteiger partial charge in [-0.05, 0) is 37.8 Å². The molecule has 2 heterocycles. The molecule has 1 aromatic heterocycles. The summed E-state index contributed by atoms with van der Waals surface area (Å²) in [4.78, 5) is 18.9. The number of fused-ring (bicyclic) bond motifs is 1. The number of hydrogen-bond acceptors (Lipinski definition) is 5. The molecule has 2 aromatic rings. The van der Waals surface area contributed by atoms with Gasteiger partial charge in [-0.2, -0.15) is 0 Å². The monoisotopic (exact) mass is 418 g/mol. The van der Waals surface area contributed by atoms with E-state index in [2.05, 4.69) is 15.2 Å². The third-order valence-electron chi connectivity index (χ3n) is 5.67. The van der Waals surface area contributed by atoms with Crippen molar-refractivity contribution in [3.05, 3.63) is 42.1 Å². The number of carbonyl (C=O) groups is 1. The van der Waals surface area contributed by atoms with Crippen LogP contribution in [0.4, 0.5) is 0 Å². The lowest BCUT2D eigenvalue weighted by molar-refractivity contribution is -0.122. The van der Waals surface area contributed by atoms with Crippen LogP contribution in [0.5, 0.6) is 0 Å². The lowest BCUT2D eigenvalue weighted by Crippen LogP contribution is -2.48. The molecule has 8 heteroatoms. The number of nitrogens with one attached hydrogen (secondary N) is 1. The number of hydrogen-bond donors (Lipinski definition) is 1. The van der Waals surface area contributed by atoms with Crippen LogP contribution in [0.2, 0.25) is 0 Å². The highest BCUT2D eigenvalue weighted by atomic mass is 32.2. The van der Waals surface area contributed by atoms with Crippen LogP contribution in [0.3, 0.4) is 0 Å². The average Bonchev–Trinajstić information content (AvgIpc) is 2.74. The van der Waals surface area contributed by atoms with E-state index < -0.39 is 10.0 Å². The fraction of sp³-hybridized carbons (Fsp3) is 0.524. The summed E-state index contributed by atoms with van der Waals surface area (Å²) < 4.78 is 25.5. The second-order valence-corrected chi connectivity index (χ2v) is 9.83. The van der Waals surface area contributed by atoms with Gasteiger partial charge in [-0.1, -0.05) is 24.3 Å². The van der Waals surface area contributed by atoms with Crippen LogP contribution >= 0.6 is 0 Å². The zero-order valence-electron chi connectivity index (χ0n) is 17.2. The molecule has 0 aliphatic carbocycles. The summed E-state index contributed by atoms with van der Waals surface area (Å²) in [6, 6.07) is 10.1. The molecule has 0 saturated carbocycles. The first-order valence-corrected chi connectivity index (χ1v) is 11.8. The highest BCUT2D eigenvalue weighted by Crippen LogP contribution is 2.18. The first-order valence-electron chi connectivity index (χ1n) is 10.2. The number of piperidine rings is 1. The minimum absolute atomic E-state index is 0.00572. The van der Waals surface area contributed by atoms with Gasteiger partial charge < -0.3 is 5.32 Å². The first kappa shape index (κ1) is 21.7. The molecule has 0 bridgehead atoms. The Morgan fingerprint density at radius 3 is 2.69 bits per heavy atom. The van der Waals surface area contributed by atoms with Gasteiger partial charge in [0, 0.05) is 44.3 Å². The predicted octanol–water partition coefficient (Wildman–Crippen LogP) is 1.64. The van der Waals surface area contributed by atoms with Gasteiger partial charge in [0.1, 0.15) is 0 Å². The van der Waals surface area contributed by atoms with Gasteiger partial charge in [0.05, 0.1) is 17.8 Å². The largest absolute Gasteiger partial charge is 0.355 e. The fourth-order valence-electron chi connectivity index (χ4n) is 3.84. The third-order valence-corrected chi connectivity index (χ3v) is 7.58. The maximum Gasteiger partial charge on any atom is 0.234 e. The zero-order valence-corrected chi connectivity index (χ0v) is 18.0. The zero-order chi connectivity index (χ0) is 20.9. The number of rotatable bonds is 8. The molecule has 3 rings (SSSR count). The number of para-hydroxylation sites is 1. The summed E-state index contributed by atoms with van der Waals surface area (Å²) in [7, 11) is -1.50. The van der Waals surface area contributed by atoms with E-state index in [1.54, 1.807) is 20.2 Å². The number of likely N-dealkylation sites (tertiary alicyclic amines) is 1. The molecule has 1 aliphatic rings. The molecule has 7 nitrogen and oxygen atoms in total. The Hall–Kier alpha value is -2.03. The Labute approximate surface area is 173 Å². The lowest BCUT2D eigenvalue weighted by atomic mass is 10.1. The molecule has 29 heavy (non-hydrogen) atoms. The SMILES string of the molecule is CCS(=O)(=O)N(C)C1CCN(CC(=O)NCCc2cccc3cccnc23)CC1. The fourth-order valence-corrected chi connectivity index (χ4v) is 4.91. The molecule has 1 saturated heterocycles. The summed E-state index contributed by atoms with van der Waals surface area (Å²) in [5, 5.41) is 4.10. The molecular weight excluding hydrogens is 388 g/mol. The molecule has 1 fully saturated rings. The van der Waals surface area contributed by atoms with Gasteiger partial charge in [0.2, 0.25) is 15.9 Å². The lowest BCUT2D eigenvalue weighted by Gasteiger charge is -2.35. The van der Waals surface area contributed by atoms with Crippen molar-refractivity contribution in [2.45, 2.75) is 32.2 Å². The molecule has 0 spiro atoms. The van der Waals surface area contributed by atoms with Crippen LogP contribution in [-0.4, -0.2) is 73.5 Å². The minimum Gasteiger partial charge on any atom is -0.355 e. The normalized spacial score (nSPS) is 16.4. The van der Waals surface area contributed by atoms with Crippen molar-refractivity contribution in [2.24, 2.45) is 0 Å². The van der Waals surface area contributed by atoms with Gasteiger partial charge in [0.25, 0.3) is 0 Å². The van der Waals surface area contributed by atoms with Gasteiger partial charge >= 0.3 is 0 Å². The highest BCUT2D eigenvalue weighted by Gasteiger charge is 2.29. The minimum atomic E-state index is -3.16. The molecular formula is C21H30N4O3S. The van der Waals surface area contributed by atoms with Crippen molar-refractivity contribution in [2.75, 3.05) is 39.0 Å². The molecule has 0 unspecified atom stereocenters. The summed E-state index contributed by atoms with van der Waals surface area (Å²) in [6.07, 6.45) is 4.04. The summed E-state index contributed by atoms with van der Waals surface area (Å²) in [6.45, 7) is 4.05. The van der Waals surface area contributed by atoms with E-state index in [-0.39, 0.29) is 17.7 Å². The number of benzene rings is 1. The van der Waals surface area contributed by atoms with Gasteiger partial charge in [0.15, 0.2) is 0 Å². The number of aromatic nitrogens is 1. The molecule has 1 amide bonds. The second-order valence-electron chi connectivity index (χ2n) is 7.52. The smallest absolute Gasteiger partial charge is 0.234 e. The third kappa shape index (κ3) is 5.52. The van der Waals surface area contributed by atoms with Crippen molar-refractivity contribution in [1.82, 2.24) is 19.5 Å². The molecule has 158 valence electrons. The second kappa shape index (κ2) is 9.65. The molecule has 1 N–H and O–H groups in total. The summed E-state index contributed by atoms with van der Waals surface area (Å²) in [5.41, 5.74) is 2.11. The summed E-state index contributed by atoms with van der Waals surface area (Å²) >= 11 is 0. The van der Waals surface area contributed by atoms with Crippen LogP contribution < -0.4 is 5.32 Å². The van der Waals surface area contributed by atoms with Gasteiger partial charge in [-0.3, -0.25) is 14.7 Å². The summed E-state index contributed by atoms with van der Waals surface area (Å²) in [5.74, 6) is 0.129. The highest BCUT2D eigenvalue weighted by molar-refractivity contribution is 7.89. The van der Waals surface area contributed by atoms with Crippen LogP contribution in [0.25, 0.3) is 10.9 Å². The van der Waals surface area contributed by atoms with Gasteiger partial charge in [-0.25, -0.2) is 12.7 Å². The van der Waals surface area contributed by atoms with E-state index in [1.165, 1.54) is 4.31 Å². The first-order chi connectivity index (χ1) is 13.9. The van der Waals surface area contributed by atoms with E-state index in [0.29, 0.717) is 13.1 Å². The maximum absolute atomic E-state index is 12.3. The molecule has 1 aromatic carbocycles. The van der Waals surface area contributed by atoms with Crippen LogP contribution in [0, 0.1) is 0 Å². The topological polar surface area (TPSA) is 82.6 Å². The standard InChI is InChI=1S/C21H30N4O3S/c1-3-29(27,28)24(2)19-10-14-25(15-11-19)16-20(26)22-13-9-18-7-4-6-17-8-5-12-23-21(17)18/h4-8,12,19H,3,9-11,13-16H2,1-2H3,(H,22,26).